The predicted octanol–water partition coefficient (Wildman–Crippen LogP) is 2.18. The molecule has 0 spiro atoms. The minimum Gasteiger partial charge on any atom is -0.493 e. The van der Waals surface area contributed by atoms with Gasteiger partial charge in [0.25, 0.3) is 0 Å². The normalized spacial score (nSPS) is 13.2. The number of rotatable bonds is 6. The number of aldehydes is 1. The van der Waals surface area contributed by atoms with Crippen molar-refractivity contribution in [3.8, 4) is 11.5 Å². The third kappa shape index (κ3) is 4.89. The summed E-state index contributed by atoms with van der Waals surface area (Å²) in [5, 5.41) is 9.18. The van der Waals surface area contributed by atoms with Crippen molar-refractivity contribution in [3.63, 3.8) is 0 Å². The Kier molecular flexibility index (Phi) is 5.99. The maximum atomic E-state index is 11.6. The molecule has 0 aromatic heterocycles. The lowest BCUT2D eigenvalue weighted by molar-refractivity contribution is 0.0406. The number of methoxy groups -OCH3 is 1. The van der Waals surface area contributed by atoms with E-state index in [9.17, 15) is 14.7 Å². The topological polar surface area (TPSA) is 82.1 Å². The molecule has 0 aliphatic carbocycles. The quantitative estimate of drug-likeness (QED) is 0.489. The Bertz CT molecular complexity index is 469. The molecule has 0 fully saturated rings. The molecule has 2 atom stereocenters. The van der Waals surface area contributed by atoms with Crippen molar-refractivity contribution in [2.75, 3.05) is 7.11 Å². The van der Waals surface area contributed by atoms with Gasteiger partial charge in [-0.3, -0.25) is 4.79 Å². The summed E-state index contributed by atoms with van der Waals surface area (Å²) >= 11 is 0. The van der Waals surface area contributed by atoms with Crippen molar-refractivity contribution in [3.05, 3.63) is 23.8 Å². The van der Waals surface area contributed by atoms with Crippen LogP contribution in [0.25, 0.3) is 0 Å². The fourth-order valence-electron chi connectivity index (χ4n) is 1.65. The third-order valence-electron chi connectivity index (χ3n) is 2.49. The Balaban J connectivity index is 2.68. The number of benzene rings is 1. The highest BCUT2D eigenvalue weighted by atomic mass is 16.7. The zero-order valence-electron chi connectivity index (χ0n) is 11.7. The van der Waals surface area contributed by atoms with Gasteiger partial charge in [0.05, 0.1) is 13.2 Å². The lowest BCUT2D eigenvalue weighted by atomic mass is 10.2. The second-order valence-electron chi connectivity index (χ2n) is 4.39. The van der Waals surface area contributed by atoms with E-state index in [4.69, 9.17) is 14.2 Å². The first-order chi connectivity index (χ1) is 9.46. The summed E-state index contributed by atoms with van der Waals surface area (Å²) in [5.74, 6) is 0.419. The standard InChI is InChI=1S/C14H18O6/c1-9(16)6-10(2)19-14(17)20-12-5-4-11(8-15)7-13(12)18-3/h4-5,7-10,16H,6H2,1-3H3. The minimum absolute atomic E-state index is 0.160. The molecule has 110 valence electrons. The average Bonchev–Trinajstić information content (AvgIpc) is 2.37. The number of carbonyl (C=O) groups excluding carboxylic acids is 2. The van der Waals surface area contributed by atoms with E-state index in [2.05, 4.69) is 0 Å². The van der Waals surface area contributed by atoms with Crippen LogP contribution < -0.4 is 9.47 Å². The van der Waals surface area contributed by atoms with E-state index in [-0.39, 0.29) is 11.5 Å². The molecule has 0 radical (unpaired) electrons. The van der Waals surface area contributed by atoms with Crippen molar-refractivity contribution in [2.24, 2.45) is 0 Å². The number of ether oxygens (including phenoxy) is 3. The van der Waals surface area contributed by atoms with Crippen LogP contribution in [0, 0.1) is 0 Å². The van der Waals surface area contributed by atoms with Crippen molar-refractivity contribution in [1.29, 1.82) is 0 Å². The molecule has 0 saturated heterocycles. The number of aliphatic hydroxyl groups excluding tert-OH is 1. The largest absolute Gasteiger partial charge is 0.514 e. The van der Waals surface area contributed by atoms with Crippen molar-refractivity contribution in [1.82, 2.24) is 0 Å². The molecular formula is C14H18O6. The van der Waals surface area contributed by atoms with Crippen molar-refractivity contribution in [2.45, 2.75) is 32.5 Å². The zero-order valence-corrected chi connectivity index (χ0v) is 11.7. The molecule has 0 aliphatic rings. The van der Waals surface area contributed by atoms with Gasteiger partial charge in [-0.05, 0) is 32.0 Å². The number of carbonyl (C=O) groups is 2. The van der Waals surface area contributed by atoms with E-state index in [0.717, 1.165) is 0 Å². The Morgan fingerprint density at radius 2 is 2.05 bits per heavy atom. The monoisotopic (exact) mass is 282 g/mol. The van der Waals surface area contributed by atoms with Crippen LogP contribution in [0.4, 0.5) is 4.79 Å². The maximum Gasteiger partial charge on any atom is 0.514 e. The molecule has 0 aliphatic heterocycles. The van der Waals surface area contributed by atoms with Crippen LogP contribution in [0.5, 0.6) is 11.5 Å². The van der Waals surface area contributed by atoms with Crippen LogP contribution in [0.1, 0.15) is 30.6 Å². The Morgan fingerprint density at radius 1 is 1.35 bits per heavy atom. The molecule has 6 heteroatoms. The van der Waals surface area contributed by atoms with E-state index in [1.165, 1.54) is 25.3 Å². The van der Waals surface area contributed by atoms with Crippen LogP contribution in [0.15, 0.2) is 18.2 Å². The summed E-state index contributed by atoms with van der Waals surface area (Å²) in [6.07, 6.45) is -0.955. The van der Waals surface area contributed by atoms with Crippen molar-refractivity contribution < 1.29 is 28.9 Å². The van der Waals surface area contributed by atoms with Gasteiger partial charge in [-0.2, -0.15) is 0 Å². The summed E-state index contributed by atoms with van der Waals surface area (Å²) in [5.41, 5.74) is 0.407. The van der Waals surface area contributed by atoms with Gasteiger partial charge in [0, 0.05) is 12.0 Å². The Hall–Kier alpha value is -2.08. The molecule has 1 aromatic rings. The number of aliphatic hydroxyl groups is 1. The first kappa shape index (κ1) is 16.0. The Morgan fingerprint density at radius 3 is 2.60 bits per heavy atom. The second-order valence-corrected chi connectivity index (χ2v) is 4.39. The van der Waals surface area contributed by atoms with Crippen LogP contribution in [-0.2, 0) is 4.74 Å². The Labute approximate surface area is 117 Å². The van der Waals surface area contributed by atoms with Gasteiger partial charge in [-0.1, -0.05) is 0 Å². The molecule has 1 aromatic carbocycles. The van der Waals surface area contributed by atoms with Gasteiger partial charge >= 0.3 is 6.16 Å². The van der Waals surface area contributed by atoms with Crippen molar-refractivity contribution >= 4 is 12.4 Å². The third-order valence-corrected chi connectivity index (χ3v) is 2.49. The van der Waals surface area contributed by atoms with Gasteiger partial charge in [0.15, 0.2) is 11.5 Å². The van der Waals surface area contributed by atoms with E-state index in [1.54, 1.807) is 13.8 Å². The highest BCUT2D eigenvalue weighted by Gasteiger charge is 2.16. The van der Waals surface area contributed by atoms with Crippen LogP contribution in [-0.4, -0.2) is 36.9 Å². The highest BCUT2D eigenvalue weighted by Crippen LogP contribution is 2.28. The fourth-order valence-corrected chi connectivity index (χ4v) is 1.65. The molecule has 1 rings (SSSR count). The van der Waals surface area contributed by atoms with E-state index < -0.39 is 18.4 Å². The SMILES string of the molecule is COc1cc(C=O)ccc1OC(=O)OC(C)CC(C)O. The lowest BCUT2D eigenvalue weighted by Gasteiger charge is -2.15. The van der Waals surface area contributed by atoms with Gasteiger partial charge in [0.2, 0.25) is 0 Å². The molecule has 2 unspecified atom stereocenters. The summed E-state index contributed by atoms with van der Waals surface area (Å²) < 4.78 is 15.0. The highest BCUT2D eigenvalue weighted by molar-refractivity contribution is 5.77. The molecule has 0 amide bonds. The molecule has 20 heavy (non-hydrogen) atoms. The lowest BCUT2D eigenvalue weighted by Crippen LogP contribution is -2.22. The first-order valence-corrected chi connectivity index (χ1v) is 6.16. The summed E-state index contributed by atoms with van der Waals surface area (Å²) in [4.78, 5) is 22.2. The van der Waals surface area contributed by atoms with E-state index in [1.807, 2.05) is 0 Å². The van der Waals surface area contributed by atoms with E-state index >= 15 is 0 Å². The van der Waals surface area contributed by atoms with Crippen LogP contribution >= 0.6 is 0 Å². The number of hydrogen-bond acceptors (Lipinski definition) is 6. The smallest absolute Gasteiger partial charge is 0.493 e. The molecule has 0 saturated carbocycles. The molecule has 6 nitrogen and oxygen atoms in total. The van der Waals surface area contributed by atoms with Crippen LogP contribution in [0.3, 0.4) is 0 Å². The first-order valence-electron chi connectivity index (χ1n) is 6.16. The summed E-state index contributed by atoms with van der Waals surface area (Å²) in [6.45, 7) is 3.26. The summed E-state index contributed by atoms with van der Waals surface area (Å²) in [7, 11) is 1.40. The fraction of sp³-hybridized carbons (Fsp3) is 0.429. The summed E-state index contributed by atoms with van der Waals surface area (Å²) in [6, 6.07) is 4.40. The van der Waals surface area contributed by atoms with Crippen LogP contribution in [0.2, 0.25) is 0 Å². The number of hydrogen-bond donors (Lipinski definition) is 1. The van der Waals surface area contributed by atoms with E-state index in [0.29, 0.717) is 18.3 Å². The molecule has 0 bridgehead atoms. The maximum absolute atomic E-state index is 11.6. The predicted molar refractivity (Wildman–Crippen MR) is 71.3 cm³/mol. The van der Waals surface area contributed by atoms with Gasteiger partial charge in [-0.15, -0.1) is 0 Å². The average molecular weight is 282 g/mol. The van der Waals surface area contributed by atoms with Gasteiger partial charge < -0.3 is 19.3 Å². The molecular weight excluding hydrogens is 264 g/mol. The van der Waals surface area contributed by atoms with Gasteiger partial charge in [0.1, 0.15) is 12.4 Å². The molecule has 0 heterocycles. The second kappa shape index (κ2) is 7.49. The molecule has 1 N–H and O–H groups in total. The van der Waals surface area contributed by atoms with Gasteiger partial charge in [-0.25, -0.2) is 4.79 Å². The minimum atomic E-state index is -0.893. The zero-order chi connectivity index (χ0) is 15.1.